The van der Waals surface area contributed by atoms with Crippen LogP contribution in [0, 0.1) is 11.6 Å². The summed E-state index contributed by atoms with van der Waals surface area (Å²) in [5.74, 6) is -1.65. The Labute approximate surface area is 158 Å². The van der Waals surface area contributed by atoms with E-state index in [0.29, 0.717) is 31.6 Å². The van der Waals surface area contributed by atoms with Gasteiger partial charge >= 0.3 is 0 Å². The van der Waals surface area contributed by atoms with Crippen molar-refractivity contribution in [3.63, 3.8) is 0 Å². The first-order valence-electron chi connectivity index (χ1n) is 9.29. The van der Waals surface area contributed by atoms with Crippen LogP contribution < -0.4 is 10.6 Å². The Balaban J connectivity index is 1.64. The summed E-state index contributed by atoms with van der Waals surface area (Å²) in [4.78, 5) is 14.6. The van der Waals surface area contributed by atoms with Gasteiger partial charge in [-0.25, -0.2) is 8.78 Å². The maximum absolute atomic E-state index is 13.4. The lowest BCUT2D eigenvalue weighted by molar-refractivity contribution is -0.125. The molecule has 0 aromatic heterocycles. The molecule has 1 amide bonds. The smallest absolute Gasteiger partial charge is 0.237 e. The van der Waals surface area contributed by atoms with E-state index in [4.69, 9.17) is 0 Å². The fourth-order valence-corrected chi connectivity index (χ4v) is 3.52. The summed E-state index contributed by atoms with van der Waals surface area (Å²) in [5.41, 5.74) is 1.85. The van der Waals surface area contributed by atoms with E-state index in [-0.39, 0.29) is 18.0 Å². The molecule has 1 aliphatic rings. The molecule has 2 aromatic carbocycles. The van der Waals surface area contributed by atoms with Crippen molar-refractivity contribution in [2.24, 2.45) is 0 Å². The highest BCUT2D eigenvalue weighted by Crippen LogP contribution is 2.21. The van der Waals surface area contributed by atoms with Gasteiger partial charge in [-0.15, -0.1) is 0 Å². The van der Waals surface area contributed by atoms with Crippen LogP contribution >= 0.6 is 0 Å². The van der Waals surface area contributed by atoms with Gasteiger partial charge in [0.05, 0.1) is 6.04 Å². The van der Waals surface area contributed by atoms with Crippen molar-refractivity contribution in [3.05, 3.63) is 71.3 Å². The molecule has 2 aromatic rings. The summed E-state index contributed by atoms with van der Waals surface area (Å²) in [7, 11) is 0. The van der Waals surface area contributed by atoms with Crippen molar-refractivity contribution in [2.75, 3.05) is 13.1 Å². The number of hydrogen-bond acceptors (Lipinski definition) is 3. The Morgan fingerprint density at radius 3 is 2.59 bits per heavy atom. The first kappa shape index (κ1) is 19.5. The Kier molecular flexibility index (Phi) is 6.53. The number of nitrogens with zero attached hydrogens (tertiary/aromatic N) is 1. The van der Waals surface area contributed by atoms with Gasteiger partial charge in [-0.1, -0.05) is 36.4 Å². The molecule has 27 heavy (non-hydrogen) atoms. The van der Waals surface area contributed by atoms with E-state index in [1.54, 1.807) is 6.07 Å². The van der Waals surface area contributed by atoms with E-state index in [9.17, 15) is 13.6 Å². The zero-order chi connectivity index (χ0) is 19.2. The zero-order valence-corrected chi connectivity index (χ0v) is 15.4. The van der Waals surface area contributed by atoms with Crippen molar-refractivity contribution >= 4 is 5.91 Å². The lowest BCUT2D eigenvalue weighted by atomic mass is 10.1. The Morgan fingerprint density at radius 2 is 1.89 bits per heavy atom. The van der Waals surface area contributed by atoms with Crippen LogP contribution in [0.1, 0.15) is 24.5 Å². The van der Waals surface area contributed by atoms with Crippen LogP contribution in [0.2, 0.25) is 0 Å². The minimum atomic E-state index is -0.843. The number of halogens is 2. The Bertz CT molecular complexity index is 769. The van der Waals surface area contributed by atoms with E-state index < -0.39 is 11.6 Å². The fourth-order valence-electron chi connectivity index (χ4n) is 3.52. The van der Waals surface area contributed by atoms with Gasteiger partial charge in [0.1, 0.15) is 0 Å². The molecule has 3 rings (SSSR count). The molecule has 0 radical (unpaired) electrons. The predicted octanol–water partition coefficient (Wildman–Crippen LogP) is 2.83. The van der Waals surface area contributed by atoms with Gasteiger partial charge in [-0.3, -0.25) is 9.69 Å². The average molecular weight is 373 g/mol. The van der Waals surface area contributed by atoms with Crippen LogP contribution in [-0.4, -0.2) is 36.0 Å². The number of likely N-dealkylation sites (N-methyl/N-ethyl adjacent to an activating group) is 1. The van der Waals surface area contributed by atoms with Crippen LogP contribution in [-0.2, 0) is 17.9 Å². The Morgan fingerprint density at radius 1 is 1.11 bits per heavy atom. The van der Waals surface area contributed by atoms with Gasteiger partial charge in [0.2, 0.25) is 5.91 Å². The predicted molar refractivity (Wildman–Crippen MR) is 101 cm³/mol. The third kappa shape index (κ3) is 5.11. The molecule has 1 heterocycles. The first-order valence-corrected chi connectivity index (χ1v) is 9.29. The second kappa shape index (κ2) is 9.06. The van der Waals surface area contributed by atoms with Crippen LogP contribution in [0.5, 0.6) is 0 Å². The molecule has 2 N–H and O–H groups in total. The number of carbonyl (C=O) groups excluding carboxylic acids is 1. The van der Waals surface area contributed by atoms with Gasteiger partial charge in [-0.05, 0) is 36.6 Å². The topological polar surface area (TPSA) is 44.4 Å². The highest BCUT2D eigenvalue weighted by molar-refractivity contribution is 5.82. The summed E-state index contributed by atoms with van der Waals surface area (Å²) in [6.45, 7) is 4.37. The van der Waals surface area contributed by atoms with Crippen LogP contribution in [0.25, 0.3) is 0 Å². The molecular formula is C21H25F2N3O. The van der Waals surface area contributed by atoms with Crippen molar-refractivity contribution in [2.45, 2.75) is 38.5 Å². The average Bonchev–Trinajstić information content (AvgIpc) is 3.06. The number of hydrogen-bond donors (Lipinski definition) is 2. The lowest BCUT2D eigenvalue weighted by Gasteiger charge is -2.23. The van der Waals surface area contributed by atoms with E-state index in [2.05, 4.69) is 27.7 Å². The van der Waals surface area contributed by atoms with E-state index >= 15 is 0 Å². The largest absolute Gasteiger partial charge is 0.355 e. The third-order valence-electron chi connectivity index (χ3n) is 4.86. The Hall–Kier alpha value is -2.31. The molecular weight excluding hydrogens is 348 g/mol. The van der Waals surface area contributed by atoms with Crippen molar-refractivity contribution in [3.8, 4) is 0 Å². The number of benzene rings is 2. The van der Waals surface area contributed by atoms with E-state index in [0.717, 1.165) is 18.2 Å². The van der Waals surface area contributed by atoms with Crippen LogP contribution in [0.15, 0.2) is 48.5 Å². The standard InChI is InChI=1S/C21H25F2N3O/c1-2-24-21(27)20-11-17(14-26(20)13-15-6-4-3-5-7-15)25-12-16-8-9-18(22)19(23)10-16/h3-10,17,20,25H,2,11-14H2,1H3,(H,24,27)/t17-,20-/m0/s1. The van der Waals surface area contributed by atoms with Gasteiger partial charge in [0, 0.05) is 32.2 Å². The molecule has 0 unspecified atom stereocenters. The van der Waals surface area contributed by atoms with Gasteiger partial charge in [0.15, 0.2) is 11.6 Å². The van der Waals surface area contributed by atoms with Crippen molar-refractivity contribution in [1.29, 1.82) is 0 Å². The number of rotatable bonds is 7. The SMILES string of the molecule is CCNC(=O)[C@@H]1C[C@H](NCc2ccc(F)c(F)c2)CN1Cc1ccccc1. The van der Waals surface area contributed by atoms with Crippen molar-refractivity contribution < 1.29 is 13.6 Å². The summed E-state index contributed by atoms with van der Waals surface area (Å²) in [6.07, 6.45) is 0.683. The van der Waals surface area contributed by atoms with Gasteiger partial charge in [0.25, 0.3) is 0 Å². The maximum atomic E-state index is 13.4. The monoisotopic (exact) mass is 373 g/mol. The number of nitrogens with one attached hydrogen (secondary N) is 2. The molecule has 2 atom stereocenters. The molecule has 0 aliphatic carbocycles. The second-order valence-corrected chi connectivity index (χ2v) is 6.89. The first-order chi connectivity index (χ1) is 13.1. The minimum Gasteiger partial charge on any atom is -0.355 e. The molecule has 144 valence electrons. The number of likely N-dealkylation sites (tertiary alicyclic amines) is 1. The summed E-state index contributed by atoms with van der Waals surface area (Å²) in [6, 6.07) is 13.9. The summed E-state index contributed by atoms with van der Waals surface area (Å²) < 4.78 is 26.4. The number of amides is 1. The van der Waals surface area contributed by atoms with Gasteiger partial charge in [-0.2, -0.15) is 0 Å². The molecule has 0 spiro atoms. The van der Waals surface area contributed by atoms with Gasteiger partial charge < -0.3 is 10.6 Å². The minimum absolute atomic E-state index is 0.0329. The number of carbonyl (C=O) groups is 1. The summed E-state index contributed by atoms with van der Waals surface area (Å²) in [5, 5.41) is 6.29. The second-order valence-electron chi connectivity index (χ2n) is 6.89. The zero-order valence-electron chi connectivity index (χ0n) is 15.4. The summed E-state index contributed by atoms with van der Waals surface area (Å²) >= 11 is 0. The molecule has 1 fully saturated rings. The molecule has 0 bridgehead atoms. The fraction of sp³-hybridized carbons (Fsp3) is 0.381. The molecule has 4 nitrogen and oxygen atoms in total. The lowest BCUT2D eigenvalue weighted by Crippen LogP contribution is -2.42. The molecule has 6 heteroatoms. The molecule has 1 saturated heterocycles. The van der Waals surface area contributed by atoms with E-state index in [1.807, 2.05) is 25.1 Å². The maximum Gasteiger partial charge on any atom is 0.237 e. The van der Waals surface area contributed by atoms with Crippen LogP contribution in [0.3, 0.4) is 0 Å². The van der Waals surface area contributed by atoms with Crippen molar-refractivity contribution in [1.82, 2.24) is 15.5 Å². The quantitative estimate of drug-likeness (QED) is 0.785. The molecule has 1 aliphatic heterocycles. The highest BCUT2D eigenvalue weighted by atomic mass is 19.2. The molecule has 0 saturated carbocycles. The van der Waals surface area contributed by atoms with E-state index in [1.165, 1.54) is 6.07 Å². The third-order valence-corrected chi connectivity index (χ3v) is 4.86. The van der Waals surface area contributed by atoms with Crippen LogP contribution in [0.4, 0.5) is 8.78 Å². The highest BCUT2D eigenvalue weighted by Gasteiger charge is 2.36. The normalized spacial score (nSPS) is 20.0.